The van der Waals surface area contributed by atoms with Crippen LogP contribution in [0.25, 0.3) is 0 Å². The number of halogens is 1. The second kappa shape index (κ2) is 5.54. The predicted molar refractivity (Wildman–Crippen MR) is 76.0 cm³/mol. The van der Waals surface area contributed by atoms with Crippen molar-refractivity contribution in [1.82, 2.24) is 4.98 Å². The second-order valence-corrected chi connectivity index (χ2v) is 6.01. The Kier molecular flexibility index (Phi) is 3.96. The van der Waals surface area contributed by atoms with Crippen molar-refractivity contribution < 1.29 is 13.3 Å². The molecule has 0 aliphatic rings. The van der Waals surface area contributed by atoms with E-state index < -0.39 is 20.5 Å². The number of hydrogen-bond donors (Lipinski definition) is 2. The van der Waals surface area contributed by atoms with E-state index in [2.05, 4.69) is 9.71 Å². The van der Waals surface area contributed by atoms with E-state index in [0.29, 0.717) is 0 Å². The Labute approximate surface area is 123 Å². The molecule has 0 aliphatic heterocycles. The fraction of sp³-hybridized carbons (Fsp3) is 0. The molecular formula is C11H8ClN3O5S. The number of nitro benzene ring substituents is 1. The van der Waals surface area contributed by atoms with Crippen molar-refractivity contribution in [3.63, 3.8) is 0 Å². The highest BCUT2D eigenvalue weighted by Gasteiger charge is 2.16. The lowest BCUT2D eigenvalue weighted by molar-refractivity contribution is -0.384. The van der Waals surface area contributed by atoms with Crippen LogP contribution in [0.2, 0.25) is 5.02 Å². The van der Waals surface area contributed by atoms with Gasteiger partial charge in [-0.2, -0.15) is 0 Å². The number of non-ortho nitro benzene ring substituents is 1. The molecule has 0 radical (unpaired) electrons. The number of rotatable bonds is 4. The topological polar surface area (TPSA) is 122 Å². The zero-order valence-corrected chi connectivity index (χ0v) is 11.8. The average Bonchev–Trinajstić information content (AvgIpc) is 2.42. The fourth-order valence-electron chi connectivity index (χ4n) is 1.46. The van der Waals surface area contributed by atoms with E-state index >= 15 is 0 Å². The largest absolute Gasteiger partial charge is 0.326 e. The third kappa shape index (κ3) is 3.38. The Hall–Kier alpha value is -2.39. The molecule has 0 saturated carbocycles. The van der Waals surface area contributed by atoms with E-state index in [9.17, 15) is 23.3 Å². The molecule has 2 rings (SSSR count). The summed E-state index contributed by atoms with van der Waals surface area (Å²) < 4.78 is 26.3. The summed E-state index contributed by atoms with van der Waals surface area (Å²) in [6.07, 6.45) is 1.00. The summed E-state index contributed by atoms with van der Waals surface area (Å²) in [7, 11) is -3.96. The van der Waals surface area contributed by atoms with Gasteiger partial charge in [0, 0.05) is 24.0 Å². The van der Waals surface area contributed by atoms with Crippen LogP contribution in [0, 0.1) is 10.1 Å². The van der Waals surface area contributed by atoms with Crippen LogP contribution in [-0.4, -0.2) is 18.3 Å². The molecular weight excluding hydrogens is 322 g/mol. The third-order valence-corrected chi connectivity index (χ3v) is 4.11. The summed E-state index contributed by atoms with van der Waals surface area (Å²) in [6, 6.07) is 5.84. The van der Waals surface area contributed by atoms with Crippen LogP contribution in [0.15, 0.2) is 46.2 Å². The number of anilines is 1. The monoisotopic (exact) mass is 329 g/mol. The van der Waals surface area contributed by atoms with E-state index in [4.69, 9.17) is 11.6 Å². The van der Waals surface area contributed by atoms with Gasteiger partial charge in [0.05, 0.1) is 4.92 Å². The number of sulfonamides is 1. The maximum absolute atomic E-state index is 12.1. The molecule has 110 valence electrons. The zero-order chi connectivity index (χ0) is 15.6. The second-order valence-electron chi connectivity index (χ2n) is 3.92. The van der Waals surface area contributed by atoms with E-state index in [1.54, 1.807) is 0 Å². The number of aromatic amines is 1. The molecule has 21 heavy (non-hydrogen) atoms. The number of aromatic nitrogens is 1. The lowest BCUT2D eigenvalue weighted by atomic mass is 10.3. The van der Waals surface area contributed by atoms with Gasteiger partial charge in [-0.15, -0.1) is 0 Å². The quantitative estimate of drug-likeness (QED) is 0.653. The molecule has 0 saturated heterocycles. The number of hydrogen-bond acceptors (Lipinski definition) is 5. The molecule has 1 aromatic heterocycles. The van der Waals surface area contributed by atoms with Gasteiger partial charge in [0.25, 0.3) is 21.3 Å². The molecule has 1 aromatic carbocycles. The number of pyridine rings is 1. The predicted octanol–water partition coefficient (Wildman–Crippen LogP) is 1.74. The van der Waals surface area contributed by atoms with E-state index in [-0.39, 0.29) is 21.3 Å². The highest BCUT2D eigenvalue weighted by Crippen LogP contribution is 2.19. The van der Waals surface area contributed by atoms with Crippen LogP contribution < -0.4 is 10.3 Å². The van der Waals surface area contributed by atoms with Crippen LogP contribution in [0.4, 0.5) is 11.4 Å². The normalized spacial score (nSPS) is 11.1. The molecule has 8 nitrogen and oxygen atoms in total. The summed E-state index contributed by atoms with van der Waals surface area (Å²) in [6.45, 7) is 0. The van der Waals surface area contributed by atoms with Crippen molar-refractivity contribution in [1.29, 1.82) is 0 Å². The summed E-state index contributed by atoms with van der Waals surface area (Å²) in [4.78, 5) is 23.0. The number of benzene rings is 1. The van der Waals surface area contributed by atoms with Gasteiger partial charge in [-0.1, -0.05) is 11.6 Å². The van der Waals surface area contributed by atoms with Crippen LogP contribution in [0.3, 0.4) is 0 Å². The Morgan fingerprint density at radius 3 is 2.38 bits per heavy atom. The van der Waals surface area contributed by atoms with Gasteiger partial charge in [-0.3, -0.25) is 19.6 Å². The van der Waals surface area contributed by atoms with Gasteiger partial charge in [-0.25, -0.2) is 8.42 Å². The van der Waals surface area contributed by atoms with Crippen LogP contribution in [0.5, 0.6) is 0 Å². The summed E-state index contributed by atoms with van der Waals surface area (Å²) in [5, 5.41) is 10.2. The SMILES string of the molecule is O=c1[nH]cc(S(=O)(=O)Nc2ccc([N+](=O)[O-])cc2)cc1Cl. The zero-order valence-electron chi connectivity index (χ0n) is 10.2. The minimum Gasteiger partial charge on any atom is -0.326 e. The number of nitrogens with one attached hydrogen (secondary N) is 2. The average molecular weight is 330 g/mol. The van der Waals surface area contributed by atoms with Gasteiger partial charge in [0.15, 0.2) is 0 Å². The minimum absolute atomic E-state index is 0.142. The maximum atomic E-state index is 12.1. The summed E-state index contributed by atoms with van der Waals surface area (Å²) in [5.41, 5.74) is -0.626. The highest BCUT2D eigenvalue weighted by atomic mass is 35.5. The molecule has 0 spiro atoms. The first-order valence-corrected chi connectivity index (χ1v) is 7.31. The molecule has 2 N–H and O–H groups in total. The molecule has 0 unspecified atom stereocenters. The van der Waals surface area contributed by atoms with E-state index in [1.807, 2.05) is 0 Å². The maximum Gasteiger partial charge on any atom is 0.269 e. The molecule has 0 aliphatic carbocycles. The molecule has 0 amide bonds. The Bertz CT molecular complexity index is 845. The Morgan fingerprint density at radius 1 is 1.24 bits per heavy atom. The van der Waals surface area contributed by atoms with Crippen molar-refractivity contribution in [3.05, 3.63) is 62.0 Å². The van der Waals surface area contributed by atoms with Gasteiger partial charge in [0.2, 0.25) is 0 Å². The van der Waals surface area contributed by atoms with Crippen molar-refractivity contribution in [3.8, 4) is 0 Å². The van der Waals surface area contributed by atoms with E-state index in [1.165, 1.54) is 12.1 Å². The first kappa shape index (κ1) is 15.0. The van der Waals surface area contributed by atoms with E-state index in [0.717, 1.165) is 24.4 Å². The van der Waals surface area contributed by atoms with Gasteiger partial charge < -0.3 is 4.98 Å². The lowest BCUT2D eigenvalue weighted by Crippen LogP contribution is -2.16. The molecule has 0 bridgehead atoms. The summed E-state index contributed by atoms with van der Waals surface area (Å²) >= 11 is 5.57. The smallest absolute Gasteiger partial charge is 0.269 e. The minimum atomic E-state index is -3.96. The fourth-order valence-corrected chi connectivity index (χ4v) is 2.75. The first-order chi connectivity index (χ1) is 9.79. The van der Waals surface area contributed by atoms with Gasteiger partial charge in [0.1, 0.15) is 9.92 Å². The first-order valence-electron chi connectivity index (χ1n) is 5.45. The Balaban J connectivity index is 2.30. The van der Waals surface area contributed by atoms with Gasteiger partial charge in [-0.05, 0) is 18.2 Å². The van der Waals surface area contributed by atoms with Crippen LogP contribution in [-0.2, 0) is 10.0 Å². The van der Waals surface area contributed by atoms with Crippen molar-refractivity contribution in [2.45, 2.75) is 4.90 Å². The standard InChI is InChI=1S/C11H8ClN3O5S/c12-10-5-9(6-13-11(10)16)21(19,20)14-7-1-3-8(4-2-7)15(17)18/h1-6,14H,(H,13,16). The van der Waals surface area contributed by atoms with Crippen molar-refractivity contribution in [2.24, 2.45) is 0 Å². The lowest BCUT2D eigenvalue weighted by Gasteiger charge is -2.07. The molecule has 1 heterocycles. The molecule has 0 atom stereocenters. The van der Waals surface area contributed by atoms with Crippen LogP contribution in [0.1, 0.15) is 0 Å². The highest BCUT2D eigenvalue weighted by molar-refractivity contribution is 7.92. The number of H-pyrrole nitrogens is 1. The third-order valence-electron chi connectivity index (χ3n) is 2.47. The number of nitrogens with zero attached hydrogens (tertiary/aromatic N) is 1. The van der Waals surface area contributed by atoms with Crippen molar-refractivity contribution >= 4 is 33.0 Å². The van der Waals surface area contributed by atoms with Crippen LogP contribution >= 0.6 is 11.6 Å². The van der Waals surface area contributed by atoms with Crippen molar-refractivity contribution in [2.75, 3.05) is 4.72 Å². The Morgan fingerprint density at radius 2 is 1.86 bits per heavy atom. The molecule has 10 heteroatoms. The number of nitro groups is 1. The van der Waals surface area contributed by atoms with Gasteiger partial charge >= 0.3 is 0 Å². The molecule has 2 aromatic rings. The molecule has 0 fully saturated rings. The summed E-state index contributed by atoms with van der Waals surface area (Å²) in [5.74, 6) is 0.